The van der Waals surface area contributed by atoms with Gasteiger partial charge in [0.2, 0.25) is 5.28 Å². The van der Waals surface area contributed by atoms with Gasteiger partial charge in [-0.05, 0) is 54.8 Å². The SMILES string of the molecule is C=CNc1nc(Cl)[nH]c1C(=C)N(CCCCC)CCCC1=NC(Cc2ccc(C(F)(F)F)cc2)=NC1. The third kappa shape index (κ3) is 7.71. The second-order valence-corrected chi connectivity index (χ2v) is 8.98. The summed E-state index contributed by atoms with van der Waals surface area (Å²) in [6, 6.07) is 5.16. The van der Waals surface area contributed by atoms with Crippen molar-refractivity contribution in [3.05, 3.63) is 65.7 Å². The van der Waals surface area contributed by atoms with Crippen LogP contribution in [0.2, 0.25) is 5.28 Å². The maximum Gasteiger partial charge on any atom is 0.416 e. The Hall–Kier alpha value is -3.07. The van der Waals surface area contributed by atoms with Crippen molar-refractivity contribution in [2.75, 3.05) is 25.0 Å². The summed E-state index contributed by atoms with van der Waals surface area (Å²) in [5.74, 6) is 1.24. The van der Waals surface area contributed by atoms with Crippen molar-refractivity contribution in [3.63, 3.8) is 0 Å². The number of alkyl halides is 3. The van der Waals surface area contributed by atoms with Gasteiger partial charge in [0.15, 0.2) is 5.82 Å². The summed E-state index contributed by atoms with van der Waals surface area (Å²) in [4.78, 5) is 18.6. The molecule has 0 radical (unpaired) electrons. The summed E-state index contributed by atoms with van der Waals surface area (Å²) in [6.45, 7) is 12.3. The van der Waals surface area contributed by atoms with E-state index in [-0.39, 0.29) is 5.28 Å². The largest absolute Gasteiger partial charge is 0.416 e. The molecule has 2 N–H and O–H groups in total. The molecular formula is C26H32ClF3N6. The van der Waals surface area contributed by atoms with Gasteiger partial charge in [-0.25, -0.2) is 4.99 Å². The number of nitrogens with zero attached hydrogens (tertiary/aromatic N) is 4. The lowest BCUT2D eigenvalue weighted by Crippen LogP contribution is -2.25. The third-order valence-corrected chi connectivity index (χ3v) is 6.06. The molecule has 2 aromatic rings. The highest BCUT2D eigenvalue weighted by Gasteiger charge is 2.30. The van der Waals surface area contributed by atoms with Crippen LogP contribution in [0.3, 0.4) is 0 Å². The minimum atomic E-state index is -4.34. The zero-order valence-corrected chi connectivity index (χ0v) is 21.2. The number of unbranched alkanes of at least 4 members (excludes halogenated alkanes) is 2. The van der Waals surface area contributed by atoms with E-state index in [9.17, 15) is 13.2 Å². The van der Waals surface area contributed by atoms with Crippen LogP contribution in [-0.2, 0) is 12.6 Å². The van der Waals surface area contributed by atoms with Crippen LogP contribution in [0, 0.1) is 0 Å². The summed E-state index contributed by atoms with van der Waals surface area (Å²) < 4.78 is 38.3. The van der Waals surface area contributed by atoms with Crippen LogP contribution in [0.5, 0.6) is 0 Å². The van der Waals surface area contributed by atoms with Crippen LogP contribution in [0.25, 0.3) is 5.70 Å². The molecule has 2 heterocycles. The van der Waals surface area contributed by atoms with Crippen molar-refractivity contribution in [1.82, 2.24) is 14.9 Å². The Bertz CT molecular complexity index is 1100. The van der Waals surface area contributed by atoms with Crippen LogP contribution in [0.1, 0.15) is 55.8 Å². The summed E-state index contributed by atoms with van der Waals surface area (Å²) >= 11 is 6.09. The standard InChI is InChI=1S/C26H32ClF3N6/c1-4-6-7-14-36(18(3)23-24(31-5-2)35-25(27)34-23)15-8-9-21-17-32-22(33-21)16-19-10-12-20(13-11-19)26(28,29)30/h5,10-13,31H,2-4,6-9,14-17H2,1H3,(H,34,35). The lowest BCUT2D eigenvalue weighted by Gasteiger charge is -2.26. The maximum atomic E-state index is 12.8. The Kier molecular flexibility index (Phi) is 9.75. The number of rotatable bonds is 14. The summed E-state index contributed by atoms with van der Waals surface area (Å²) in [5.41, 5.74) is 2.62. The summed E-state index contributed by atoms with van der Waals surface area (Å²) in [7, 11) is 0. The highest BCUT2D eigenvalue weighted by atomic mass is 35.5. The Balaban J connectivity index is 1.56. The van der Waals surface area contributed by atoms with Gasteiger partial charge in [-0.2, -0.15) is 18.2 Å². The molecule has 36 heavy (non-hydrogen) atoms. The van der Waals surface area contributed by atoms with E-state index in [1.807, 2.05) is 0 Å². The van der Waals surface area contributed by atoms with Crippen LogP contribution in [0.15, 0.2) is 53.6 Å². The van der Waals surface area contributed by atoms with Crippen LogP contribution >= 0.6 is 11.6 Å². The topological polar surface area (TPSA) is 68.7 Å². The van der Waals surface area contributed by atoms with Gasteiger partial charge in [-0.15, -0.1) is 0 Å². The normalized spacial score (nSPS) is 13.4. The zero-order chi connectivity index (χ0) is 26.1. The van der Waals surface area contributed by atoms with E-state index in [4.69, 9.17) is 11.6 Å². The first-order chi connectivity index (χ1) is 17.2. The van der Waals surface area contributed by atoms with Crippen LogP contribution in [0.4, 0.5) is 19.0 Å². The van der Waals surface area contributed by atoms with Crippen molar-refractivity contribution >= 4 is 34.7 Å². The van der Waals surface area contributed by atoms with Crippen molar-refractivity contribution in [3.8, 4) is 0 Å². The lowest BCUT2D eigenvalue weighted by atomic mass is 10.1. The highest BCUT2D eigenvalue weighted by molar-refractivity contribution is 6.28. The van der Waals surface area contributed by atoms with Gasteiger partial charge in [0.25, 0.3) is 0 Å². The first kappa shape index (κ1) is 27.5. The molecule has 1 aliphatic rings. The molecule has 1 aromatic carbocycles. The van der Waals surface area contributed by atoms with Crippen molar-refractivity contribution in [1.29, 1.82) is 0 Å². The van der Waals surface area contributed by atoms with Crippen molar-refractivity contribution < 1.29 is 13.2 Å². The molecule has 0 saturated heterocycles. The van der Waals surface area contributed by atoms with Gasteiger partial charge < -0.3 is 15.2 Å². The van der Waals surface area contributed by atoms with Gasteiger partial charge >= 0.3 is 6.18 Å². The van der Waals surface area contributed by atoms with Crippen LogP contribution < -0.4 is 5.32 Å². The predicted molar refractivity (Wildman–Crippen MR) is 142 cm³/mol. The molecule has 3 rings (SSSR count). The second kappa shape index (κ2) is 12.8. The molecule has 1 aromatic heterocycles. The van der Waals surface area contributed by atoms with Crippen molar-refractivity contribution in [2.45, 2.75) is 51.6 Å². The molecule has 0 spiro atoms. The molecule has 10 heteroatoms. The van der Waals surface area contributed by atoms with Crippen molar-refractivity contribution in [2.24, 2.45) is 9.98 Å². The zero-order valence-electron chi connectivity index (χ0n) is 20.5. The fourth-order valence-corrected chi connectivity index (χ4v) is 4.16. The van der Waals surface area contributed by atoms with E-state index in [2.05, 4.69) is 50.3 Å². The Morgan fingerprint density at radius 3 is 2.58 bits per heavy atom. The van der Waals surface area contributed by atoms with Gasteiger partial charge in [0.1, 0.15) is 11.5 Å². The molecule has 0 bridgehead atoms. The minimum Gasteiger partial charge on any atom is -0.370 e. The highest BCUT2D eigenvalue weighted by Crippen LogP contribution is 2.29. The van der Waals surface area contributed by atoms with Gasteiger partial charge in [0, 0.05) is 25.2 Å². The first-order valence-electron chi connectivity index (χ1n) is 12.0. The second-order valence-electron chi connectivity index (χ2n) is 8.63. The average Bonchev–Trinajstić information content (AvgIpc) is 3.43. The first-order valence-corrected chi connectivity index (χ1v) is 12.4. The van der Waals surface area contributed by atoms with Crippen LogP contribution in [-0.4, -0.2) is 46.0 Å². The number of hydrogen-bond acceptors (Lipinski definition) is 5. The molecule has 0 saturated carbocycles. The molecule has 0 amide bonds. The van der Waals surface area contributed by atoms with E-state index < -0.39 is 11.7 Å². The van der Waals surface area contributed by atoms with E-state index in [0.717, 1.165) is 80.0 Å². The molecular weight excluding hydrogens is 489 g/mol. The number of H-pyrrole nitrogens is 1. The number of anilines is 1. The summed E-state index contributed by atoms with van der Waals surface area (Å²) in [6.07, 6.45) is 2.56. The number of aliphatic imine (C=N–C) groups is 2. The lowest BCUT2D eigenvalue weighted by molar-refractivity contribution is -0.137. The van der Waals surface area contributed by atoms with E-state index in [1.54, 1.807) is 6.20 Å². The Morgan fingerprint density at radius 2 is 1.92 bits per heavy atom. The number of nitrogens with one attached hydrogen (secondary N) is 2. The number of aromatic nitrogens is 2. The average molecular weight is 521 g/mol. The monoisotopic (exact) mass is 520 g/mol. The Morgan fingerprint density at radius 1 is 1.19 bits per heavy atom. The number of amidine groups is 1. The fraction of sp³-hybridized carbons (Fsp3) is 0.423. The molecule has 194 valence electrons. The number of benzene rings is 1. The third-order valence-electron chi connectivity index (χ3n) is 5.88. The quantitative estimate of drug-likeness (QED) is 0.264. The van der Waals surface area contributed by atoms with Gasteiger partial charge in [-0.3, -0.25) is 4.99 Å². The molecule has 0 unspecified atom stereocenters. The molecule has 0 aliphatic carbocycles. The van der Waals surface area contributed by atoms with Gasteiger partial charge in [-0.1, -0.05) is 45.1 Å². The molecule has 6 nitrogen and oxygen atoms in total. The molecule has 0 atom stereocenters. The van der Waals surface area contributed by atoms with E-state index in [0.29, 0.717) is 24.6 Å². The number of imidazole rings is 1. The maximum absolute atomic E-state index is 12.8. The molecule has 1 aliphatic heterocycles. The Labute approximate surface area is 215 Å². The predicted octanol–water partition coefficient (Wildman–Crippen LogP) is 6.98. The minimum absolute atomic E-state index is 0.280. The van der Waals surface area contributed by atoms with E-state index in [1.165, 1.54) is 12.1 Å². The number of aromatic amines is 1. The van der Waals surface area contributed by atoms with E-state index >= 15 is 0 Å². The smallest absolute Gasteiger partial charge is 0.370 e. The summed E-state index contributed by atoms with van der Waals surface area (Å²) in [5, 5.41) is 3.28. The number of halogens is 4. The number of hydrogen-bond donors (Lipinski definition) is 2. The van der Waals surface area contributed by atoms with Gasteiger partial charge in [0.05, 0.1) is 17.8 Å². The molecule has 0 fully saturated rings. The fourth-order valence-electron chi connectivity index (χ4n) is 3.98.